The molecule has 0 amide bonds. The molecular formula is C13H12ClN7. The SMILES string of the molecule is CN(Cc1ccncc1)c1nc(Cl)nc(-n2cccn2)n1. The molecule has 0 atom stereocenters. The fourth-order valence-electron chi connectivity index (χ4n) is 1.82. The second-order valence-corrected chi connectivity index (χ2v) is 4.70. The van der Waals surface area contributed by atoms with Gasteiger partial charge < -0.3 is 4.90 Å². The molecule has 3 aromatic rings. The van der Waals surface area contributed by atoms with Crippen molar-refractivity contribution in [2.45, 2.75) is 6.54 Å². The van der Waals surface area contributed by atoms with Gasteiger partial charge in [0.15, 0.2) is 0 Å². The lowest BCUT2D eigenvalue weighted by molar-refractivity contribution is 0.773. The summed E-state index contributed by atoms with van der Waals surface area (Å²) in [4.78, 5) is 18.5. The summed E-state index contributed by atoms with van der Waals surface area (Å²) >= 11 is 5.97. The molecule has 0 aromatic carbocycles. The highest BCUT2D eigenvalue weighted by molar-refractivity contribution is 6.28. The van der Waals surface area contributed by atoms with Gasteiger partial charge in [-0.05, 0) is 35.4 Å². The van der Waals surface area contributed by atoms with Gasteiger partial charge in [-0.1, -0.05) is 0 Å². The number of aromatic nitrogens is 6. The van der Waals surface area contributed by atoms with Crippen LogP contribution in [0.3, 0.4) is 0 Å². The Morgan fingerprint density at radius 2 is 1.95 bits per heavy atom. The number of anilines is 1. The Morgan fingerprint density at radius 1 is 1.14 bits per heavy atom. The van der Waals surface area contributed by atoms with Crippen LogP contribution in [0.25, 0.3) is 5.95 Å². The fraction of sp³-hybridized carbons (Fsp3) is 0.154. The van der Waals surface area contributed by atoms with Gasteiger partial charge in [0.05, 0.1) is 0 Å². The van der Waals surface area contributed by atoms with Gasteiger partial charge in [-0.15, -0.1) is 0 Å². The molecule has 21 heavy (non-hydrogen) atoms. The molecule has 0 N–H and O–H groups in total. The van der Waals surface area contributed by atoms with Crippen LogP contribution < -0.4 is 4.90 Å². The first-order chi connectivity index (χ1) is 10.2. The second kappa shape index (κ2) is 5.84. The molecule has 7 nitrogen and oxygen atoms in total. The Balaban J connectivity index is 1.88. The number of rotatable bonds is 4. The zero-order valence-corrected chi connectivity index (χ0v) is 12.0. The van der Waals surface area contributed by atoms with Crippen molar-refractivity contribution in [3.05, 3.63) is 53.8 Å². The molecule has 3 aromatic heterocycles. The normalized spacial score (nSPS) is 10.6. The first kappa shape index (κ1) is 13.4. The van der Waals surface area contributed by atoms with Gasteiger partial charge >= 0.3 is 0 Å². The molecule has 3 heterocycles. The molecule has 3 rings (SSSR count). The van der Waals surface area contributed by atoms with Gasteiger partial charge in [0.1, 0.15) is 0 Å². The van der Waals surface area contributed by atoms with E-state index in [2.05, 4.69) is 25.0 Å². The maximum absolute atomic E-state index is 5.97. The summed E-state index contributed by atoms with van der Waals surface area (Å²) in [5, 5.41) is 4.22. The van der Waals surface area contributed by atoms with Crippen molar-refractivity contribution in [2.75, 3.05) is 11.9 Å². The Hall–Kier alpha value is -2.54. The van der Waals surface area contributed by atoms with E-state index in [0.717, 1.165) is 5.56 Å². The maximum atomic E-state index is 5.97. The summed E-state index contributed by atoms with van der Waals surface area (Å²) in [6.07, 6.45) is 6.90. The summed E-state index contributed by atoms with van der Waals surface area (Å²) in [7, 11) is 1.89. The summed E-state index contributed by atoms with van der Waals surface area (Å²) in [5.74, 6) is 0.869. The smallest absolute Gasteiger partial charge is 0.256 e. The van der Waals surface area contributed by atoms with Crippen molar-refractivity contribution in [3.8, 4) is 5.95 Å². The van der Waals surface area contributed by atoms with Crippen LogP contribution in [-0.4, -0.2) is 36.8 Å². The lowest BCUT2D eigenvalue weighted by atomic mass is 10.2. The van der Waals surface area contributed by atoms with E-state index in [1.165, 1.54) is 4.68 Å². The van der Waals surface area contributed by atoms with Crippen LogP contribution in [0.2, 0.25) is 5.28 Å². The van der Waals surface area contributed by atoms with Crippen LogP contribution in [-0.2, 0) is 6.54 Å². The molecule has 0 spiro atoms. The van der Waals surface area contributed by atoms with Crippen LogP contribution in [0, 0.1) is 0 Å². The summed E-state index contributed by atoms with van der Waals surface area (Å²) in [6, 6.07) is 5.67. The van der Waals surface area contributed by atoms with Gasteiger partial charge in [0.25, 0.3) is 5.95 Å². The Bertz CT molecular complexity index is 715. The average Bonchev–Trinajstić information content (AvgIpc) is 3.02. The van der Waals surface area contributed by atoms with Crippen LogP contribution >= 0.6 is 11.6 Å². The standard InChI is InChI=1S/C13H12ClN7/c1-20(9-10-3-6-15-7-4-10)12-17-11(14)18-13(19-12)21-8-2-5-16-21/h2-8H,9H2,1H3. The van der Waals surface area contributed by atoms with Crippen molar-refractivity contribution in [2.24, 2.45) is 0 Å². The highest BCUT2D eigenvalue weighted by atomic mass is 35.5. The molecular weight excluding hydrogens is 290 g/mol. The highest BCUT2D eigenvalue weighted by Gasteiger charge is 2.11. The van der Waals surface area contributed by atoms with Crippen molar-refractivity contribution in [1.29, 1.82) is 0 Å². The summed E-state index contributed by atoms with van der Waals surface area (Å²) in [6.45, 7) is 0.640. The number of pyridine rings is 1. The fourth-order valence-corrected chi connectivity index (χ4v) is 1.97. The summed E-state index contributed by atoms with van der Waals surface area (Å²) < 4.78 is 1.54. The minimum atomic E-state index is 0.132. The highest BCUT2D eigenvalue weighted by Crippen LogP contribution is 2.14. The van der Waals surface area contributed by atoms with E-state index in [4.69, 9.17) is 11.6 Å². The second-order valence-electron chi connectivity index (χ2n) is 4.37. The van der Waals surface area contributed by atoms with Crippen LogP contribution in [0.1, 0.15) is 5.56 Å². The van der Waals surface area contributed by atoms with E-state index >= 15 is 0 Å². The van der Waals surface area contributed by atoms with Crippen LogP contribution in [0.5, 0.6) is 0 Å². The minimum Gasteiger partial charge on any atom is -0.339 e. The third-order valence-electron chi connectivity index (χ3n) is 2.80. The largest absolute Gasteiger partial charge is 0.339 e. The molecule has 0 aliphatic carbocycles. The van der Waals surface area contributed by atoms with Crippen molar-refractivity contribution in [1.82, 2.24) is 29.7 Å². The zero-order chi connectivity index (χ0) is 14.7. The van der Waals surface area contributed by atoms with Gasteiger partial charge in [0, 0.05) is 38.4 Å². The lowest BCUT2D eigenvalue weighted by Gasteiger charge is -2.17. The van der Waals surface area contributed by atoms with Gasteiger partial charge in [0.2, 0.25) is 11.2 Å². The number of hydrogen-bond acceptors (Lipinski definition) is 6. The first-order valence-electron chi connectivity index (χ1n) is 6.24. The molecule has 0 radical (unpaired) electrons. The average molecular weight is 302 g/mol. The molecule has 0 fully saturated rings. The molecule has 0 bridgehead atoms. The molecule has 0 aliphatic heterocycles. The van der Waals surface area contributed by atoms with Gasteiger partial charge in [-0.2, -0.15) is 20.1 Å². The maximum Gasteiger partial charge on any atom is 0.256 e. The third kappa shape index (κ3) is 3.14. The summed E-state index contributed by atoms with van der Waals surface area (Å²) in [5.41, 5.74) is 1.10. The van der Waals surface area contributed by atoms with E-state index in [1.807, 2.05) is 24.1 Å². The van der Waals surface area contributed by atoms with Crippen LogP contribution in [0.15, 0.2) is 43.0 Å². The predicted molar refractivity (Wildman–Crippen MR) is 78.3 cm³/mol. The monoisotopic (exact) mass is 301 g/mol. The Morgan fingerprint density at radius 3 is 2.67 bits per heavy atom. The molecule has 0 saturated carbocycles. The molecule has 8 heteroatoms. The minimum absolute atomic E-state index is 0.132. The van der Waals surface area contributed by atoms with E-state index < -0.39 is 0 Å². The lowest BCUT2D eigenvalue weighted by Crippen LogP contribution is -2.20. The molecule has 0 saturated heterocycles. The number of nitrogens with zero attached hydrogens (tertiary/aromatic N) is 7. The quantitative estimate of drug-likeness (QED) is 0.731. The topological polar surface area (TPSA) is 72.6 Å². The predicted octanol–water partition coefficient (Wildman–Crippen LogP) is 1.74. The van der Waals surface area contributed by atoms with E-state index in [1.54, 1.807) is 30.9 Å². The number of halogens is 1. The van der Waals surface area contributed by atoms with Crippen molar-refractivity contribution in [3.63, 3.8) is 0 Å². The number of hydrogen-bond donors (Lipinski definition) is 0. The van der Waals surface area contributed by atoms with Gasteiger partial charge in [-0.3, -0.25) is 4.98 Å². The molecule has 0 aliphatic rings. The zero-order valence-electron chi connectivity index (χ0n) is 11.3. The Kier molecular flexibility index (Phi) is 3.74. The molecule has 0 unspecified atom stereocenters. The molecule has 106 valence electrons. The van der Waals surface area contributed by atoms with Crippen LogP contribution in [0.4, 0.5) is 5.95 Å². The van der Waals surface area contributed by atoms with Crippen molar-refractivity contribution >= 4 is 17.5 Å². The Labute approximate surface area is 126 Å². The van der Waals surface area contributed by atoms with E-state index in [9.17, 15) is 0 Å². The van der Waals surface area contributed by atoms with E-state index in [0.29, 0.717) is 18.4 Å². The first-order valence-corrected chi connectivity index (χ1v) is 6.62. The van der Waals surface area contributed by atoms with Crippen molar-refractivity contribution < 1.29 is 0 Å². The van der Waals surface area contributed by atoms with E-state index in [-0.39, 0.29) is 5.28 Å². The third-order valence-corrected chi connectivity index (χ3v) is 2.97. The van der Waals surface area contributed by atoms with Gasteiger partial charge in [-0.25, -0.2) is 4.68 Å².